The molecule has 18 heavy (non-hydrogen) atoms. The first-order valence-corrected chi connectivity index (χ1v) is 6.63. The van der Waals surface area contributed by atoms with Gasteiger partial charge in [0.05, 0.1) is 11.6 Å². The van der Waals surface area contributed by atoms with Gasteiger partial charge in [-0.2, -0.15) is 0 Å². The molecule has 2 N–H and O–H groups in total. The summed E-state index contributed by atoms with van der Waals surface area (Å²) in [6.07, 6.45) is 0.899. The number of nitrogens with one attached hydrogen (secondary N) is 1. The first kappa shape index (κ1) is 15.4. The molecule has 0 saturated heterocycles. The van der Waals surface area contributed by atoms with Crippen molar-refractivity contribution in [2.24, 2.45) is 5.92 Å². The van der Waals surface area contributed by atoms with Crippen molar-refractivity contribution in [3.8, 4) is 0 Å². The van der Waals surface area contributed by atoms with Crippen molar-refractivity contribution >= 4 is 11.6 Å². The average molecular weight is 274 g/mol. The first-order chi connectivity index (χ1) is 8.43. The molecule has 0 heterocycles. The van der Waals surface area contributed by atoms with Crippen LogP contribution < -0.4 is 5.32 Å². The summed E-state index contributed by atoms with van der Waals surface area (Å²) in [6, 6.07) is 4.77. The number of hydrogen-bond donors (Lipinski definition) is 2. The fourth-order valence-corrected chi connectivity index (χ4v) is 2.18. The quantitative estimate of drug-likeness (QED) is 0.831. The van der Waals surface area contributed by atoms with Crippen LogP contribution in [0.4, 0.5) is 4.39 Å². The summed E-state index contributed by atoms with van der Waals surface area (Å²) < 4.78 is 13.1. The van der Waals surface area contributed by atoms with Gasteiger partial charge in [0.25, 0.3) is 0 Å². The van der Waals surface area contributed by atoms with E-state index in [1.165, 1.54) is 6.07 Å². The van der Waals surface area contributed by atoms with Crippen molar-refractivity contribution in [2.45, 2.75) is 39.3 Å². The van der Waals surface area contributed by atoms with E-state index in [1.54, 1.807) is 12.1 Å². The Morgan fingerprint density at radius 3 is 2.50 bits per heavy atom. The molecule has 0 bridgehead atoms. The van der Waals surface area contributed by atoms with Crippen LogP contribution in [0.3, 0.4) is 0 Å². The van der Waals surface area contributed by atoms with E-state index in [0.717, 1.165) is 12.0 Å². The van der Waals surface area contributed by atoms with Crippen LogP contribution in [0.25, 0.3) is 0 Å². The monoisotopic (exact) mass is 273 g/mol. The van der Waals surface area contributed by atoms with Crippen molar-refractivity contribution in [1.82, 2.24) is 5.32 Å². The summed E-state index contributed by atoms with van der Waals surface area (Å²) in [5, 5.41) is 12.8. The molecule has 0 saturated carbocycles. The maximum absolute atomic E-state index is 13.1. The van der Waals surface area contributed by atoms with Gasteiger partial charge in [0.15, 0.2) is 0 Å². The Bertz CT molecular complexity index is 384. The van der Waals surface area contributed by atoms with E-state index in [1.807, 2.05) is 6.92 Å². The Morgan fingerprint density at radius 1 is 1.33 bits per heavy atom. The number of benzene rings is 1. The van der Waals surface area contributed by atoms with Crippen LogP contribution in [0.15, 0.2) is 18.2 Å². The molecule has 2 atom stereocenters. The van der Waals surface area contributed by atoms with Crippen LogP contribution >= 0.6 is 11.6 Å². The minimum atomic E-state index is -0.409. The Balaban J connectivity index is 2.68. The highest BCUT2D eigenvalue weighted by Gasteiger charge is 2.14. The predicted molar refractivity (Wildman–Crippen MR) is 73.3 cm³/mol. The van der Waals surface area contributed by atoms with E-state index in [-0.39, 0.29) is 23.7 Å². The summed E-state index contributed by atoms with van der Waals surface area (Å²) in [5.74, 6) is 0.104. The van der Waals surface area contributed by atoms with Crippen LogP contribution in [0, 0.1) is 11.7 Å². The largest absolute Gasteiger partial charge is 0.395 e. The fraction of sp³-hybridized carbons (Fsp3) is 0.571. The maximum atomic E-state index is 13.1. The van der Waals surface area contributed by atoms with Gasteiger partial charge in [0.1, 0.15) is 5.82 Å². The number of aliphatic hydroxyl groups is 1. The molecule has 1 aromatic carbocycles. The SMILES string of the molecule is CC(C)CC(CO)NC(C)c1ccc(F)c(Cl)c1. The highest BCUT2D eigenvalue weighted by molar-refractivity contribution is 6.30. The number of rotatable bonds is 6. The topological polar surface area (TPSA) is 32.3 Å². The van der Waals surface area contributed by atoms with Gasteiger partial charge in [-0.15, -0.1) is 0 Å². The van der Waals surface area contributed by atoms with Crippen LogP contribution in [0.2, 0.25) is 5.02 Å². The Labute approximate surface area is 113 Å². The third-order valence-electron chi connectivity index (χ3n) is 2.91. The average Bonchev–Trinajstić information content (AvgIpc) is 2.31. The van der Waals surface area contributed by atoms with Gasteiger partial charge in [-0.3, -0.25) is 0 Å². The number of halogens is 2. The molecule has 0 amide bonds. The van der Waals surface area contributed by atoms with E-state index in [0.29, 0.717) is 5.92 Å². The lowest BCUT2D eigenvalue weighted by Gasteiger charge is -2.23. The molecule has 4 heteroatoms. The Hall–Kier alpha value is -0.640. The highest BCUT2D eigenvalue weighted by atomic mass is 35.5. The molecule has 0 fully saturated rings. The van der Waals surface area contributed by atoms with Crippen molar-refractivity contribution < 1.29 is 9.50 Å². The zero-order valence-electron chi connectivity index (χ0n) is 11.1. The second-order valence-corrected chi connectivity index (χ2v) is 5.48. The lowest BCUT2D eigenvalue weighted by Crippen LogP contribution is -2.35. The second-order valence-electron chi connectivity index (χ2n) is 5.07. The zero-order chi connectivity index (χ0) is 13.7. The Morgan fingerprint density at radius 2 is 2.00 bits per heavy atom. The smallest absolute Gasteiger partial charge is 0.141 e. The van der Waals surface area contributed by atoms with Crippen LogP contribution in [0.1, 0.15) is 38.8 Å². The van der Waals surface area contributed by atoms with Gasteiger partial charge in [-0.25, -0.2) is 4.39 Å². The van der Waals surface area contributed by atoms with Gasteiger partial charge < -0.3 is 10.4 Å². The van der Waals surface area contributed by atoms with Crippen molar-refractivity contribution in [3.63, 3.8) is 0 Å². The molecule has 102 valence electrons. The van der Waals surface area contributed by atoms with Crippen LogP contribution in [-0.4, -0.2) is 17.8 Å². The number of aliphatic hydroxyl groups excluding tert-OH is 1. The van der Waals surface area contributed by atoms with Gasteiger partial charge in [0, 0.05) is 12.1 Å². The first-order valence-electron chi connectivity index (χ1n) is 6.26. The minimum absolute atomic E-state index is 0.0269. The molecule has 0 aliphatic heterocycles. The standard InChI is InChI=1S/C14H21ClFNO/c1-9(2)6-12(8-18)17-10(3)11-4-5-14(16)13(15)7-11/h4-5,7,9-10,12,17-18H,6,8H2,1-3H3. The molecule has 0 aromatic heterocycles. The van der Waals surface area contributed by atoms with Gasteiger partial charge in [-0.05, 0) is 37.0 Å². The third kappa shape index (κ3) is 4.56. The van der Waals surface area contributed by atoms with E-state index in [4.69, 9.17) is 11.6 Å². The lowest BCUT2D eigenvalue weighted by atomic mass is 10.0. The van der Waals surface area contributed by atoms with Crippen molar-refractivity contribution in [2.75, 3.05) is 6.61 Å². The molecule has 0 radical (unpaired) electrons. The van der Waals surface area contributed by atoms with Crippen LogP contribution in [0.5, 0.6) is 0 Å². The summed E-state index contributed by atoms with van der Waals surface area (Å²) in [4.78, 5) is 0. The highest BCUT2D eigenvalue weighted by Crippen LogP contribution is 2.21. The summed E-state index contributed by atoms with van der Waals surface area (Å²) in [7, 11) is 0. The summed E-state index contributed by atoms with van der Waals surface area (Å²) >= 11 is 5.76. The molecule has 1 rings (SSSR count). The van der Waals surface area contributed by atoms with Crippen molar-refractivity contribution in [3.05, 3.63) is 34.6 Å². The Kier molecular flexibility index (Phi) is 6.06. The fourth-order valence-electron chi connectivity index (χ4n) is 2.00. The predicted octanol–water partition coefficient (Wildman–Crippen LogP) is 3.54. The minimum Gasteiger partial charge on any atom is -0.395 e. The molecule has 1 aromatic rings. The molecular formula is C14H21ClFNO. The molecule has 0 aliphatic carbocycles. The molecule has 0 spiro atoms. The summed E-state index contributed by atoms with van der Waals surface area (Å²) in [6.45, 7) is 6.30. The van der Waals surface area contributed by atoms with E-state index in [9.17, 15) is 9.50 Å². The van der Waals surface area contributed by atoms with E-state index >= 15 is 0 Å². The molecule has 2 nitrogen and oxygen atoms in total. The van der Waals surface area contributed by atoms with Gasteiger partial charge in [0.2, 0.25) is 0 Å². The maximum Gasteiger partial charge on any atom is 0.141 e. The van der Waals surface area contributed by atoms with Crippen molar-refractivity contribution in [1.29, 1.82) is 0 Å². The summed E-state index contributed by atoms with van der Waals surface area (Å²) in [5.41, 5.74) is 0.920. The lowest BCUT2D eigenvalue weighted by molar-refractivity contribution is 0.215. The number of hydrogen-bond acceptors (Lipinski definition) is 2. The van der Waals surface area contributed by atoms with E-state index < -0.39 is 5.82 Å². The van der Waals surface area contributed by atoms with Gasteiger partial charge >= 0.3 is 0 Å². The third-order valence-corrected chi connectivity index (χ3v) is 3.20. The second kappa shape index (κ2) is 7.07. The van der Waals surface area contributed by atoms with Crippen LogP contribution in [-0.2, 0) is 0 Å². The van der Waals surface area contributed by atoms with E-state index in [2.05, 4.69) is 19.2 Å². The zero-order valence-corrected chi connectivity index (χ0v) is 11.8. The molecule has 2 unspecified atom stereocenters. The molecule has 0 aliphatic rings. The normalized spacial score (nSPS) is 14.8. The molecular weight excluding hydrogens is 253 g/mol. The van der Waals surface area contributed by atoms with Gasteiger partial charge in [-0.1, -0.05) is 31.5 Å².